The minimum Gasteiger partial charge on any atom is -0.480 e. The number of nitrogens with one attached hydrogen (secondary N) is 1. The van der Waals surface area contributed by atoms with Gasteiger partial charge in [0.2, 0.25) is 15.9 Å². The summed E-state index contributed by atoms with van der Waals surface area (Å²) in [5.41, 5.74) is 5.13. The van der Waals surface area contributed by atoms with Gasteiger partial charge in [-0.15, -0.1) is 0 Å². The normalized spacial score (nSPS) is 13.3. The Bertz CT molecular complexity index is 607. The van der Waals surface area contributed by atoms with Crippen molar-refractivity contribution < 1.29 is 23.1 Å². The van der Waals surface area contributed by atoms with E-state index in [2.05, 4.69) is 9.82 Å². The van der Waals surface area contributed by atoms with Gasteiger partial charge in [0.05, 0.1) is 6.20 Å². The number of nitrogens with zero attached hydrogens (tertiary/aromatic N) is 2. The number of rotatable bonds is 7. The molecule has 4 N–H and O–H groups in total. The summed E-state index contributed by atoms with van der Waals surface area (Å²) in [5, 5.41) is 12.2. The summed E-state index contributed by atoms with van der Waals surface area (Å²) < 4.78 is 27.2. The number of amides is 1. The number of sulfonamides is 1. The Kier molecular flexibility index (Phi) is 4.84. The Hall–Kier alpha value is -1.94. The zero-order valence-corrected chi connectivity index (χ0v) is 11.8. The number of carbonyl (C=O) groups is 2. The monoisotopic (exact) mass is 304 g/mol. The van der Waals surface area contributed by atoms with Crippen LogP contribution < -0.4 is 10.5 Å². The Morgan fingerprint density at radius 3 is 2.55 bits per heavy atom. The largest absolute Gasteiger partial charge is 0.480 e. The van der Waals surface area contributed by atoms with Crippen molar-refractivity contribution in [1.29, 1.82) is 0 Å². The van der Waals surface area contributed by atoms with E-state index in [0.29, 0.717) is 0 Å². The molecule has 0 aliphatic heterocycles. The Morgan fingerprint density at radius 2 is 2.10 bits per heavy atom. The van der Waals surface area contributed by atoms with E-state index in [-0.39, 0.29) is 10.8 Å². The lowest BCUT2D eigenvalue weighted by molar-refractivity contribution is -0.137. The summed E-state index contributed by atoms with van der Waals surface area (Å²) in [6.45, 7) is 2.83. The van der Waals surface area contributed by atoms with Gasteiger partial charge < -0.3 is 10.8 Å². The molecule has 9 nitrogen and oxygen atoms in total. The number of primary amides is 1. The minimum absolute atomic E-state index is 0.231. The van der Waals surface area contributed by atoms with Crippen LogP contribution in [0.3, 0.4) is 0 Å². The smallest absolute Gasteiger partial charge is 0.325 e. The van der Waals surface area contributed by atoms with Gasteiger partial charge in [0.25, 0.3) is 0 Å². The first kappa shape index (κ1) is 16.1. The van der Waals surface area contributed by atoms with Gasteiger partial charge in [-0.2, -0.15) is 9.82 Å². The molecule has 10 heteroatoms. The molecule has 1 heterocycles. The highest BCUT2D eigenvalue weighted by atomic mass is 32.2. The van der Waals surface area contributed by atoms with Gasteiger partial charge >= 0.3 is 5.97 Å². The molecule has 20 heavy (non-hydrogen) atoms. The molecular weight excluding hydrogens is 288 g/mol. The molecule has 0 aromatic carbocycles. The standard InChI is InChI=1S/C10H16N4O5S/c1-6(2)9(10(11)17)13-20(18,19)7-3-12-14(4-7)5-8(15)16/h3-4,6,9,13H,5H2,1-2H3,(H2,11,17)(H,15,16). The third-order valence-corrected chi connectivity index (χ3v) is 3.87. The quantitative estimate of drug-likeness (QED) is 0.574. The van der Waals surface area contributed by atoms with E-state index in [0.717, 1.165) is 17.1 Å². The van der Waals surface area contributed by atoms with E-state index >= 15 is 0 Å². The van der Waals surface area contributed by atoms with Crippen molar-refractivity contribution in [3.63, 3.8) is 0 Å². The molecule has 1 aromatic rings. The maximum absolute atomic E-state index is 12.0. The molecule has 0 saturated heterocycles. The van der Waals surface area contributed by atoms with E-state index < -0.39 is 34.5 Å². The number of carbonyl (C=O) groups excluding carboxylic acids is 1. The number of carboxylic acids is 1. The van der Waals surface area contributed by atoms with Gasteiger partial charge in [-0.05, 0) is 5.92 Å². The summed E-state index contributed by atoms with van der Waals surface area (Å²) in [4.78, 5) is 21.5. The predicted octanol–water partition coefficient (Wildman–Crippen LogP) is -1.24. The zero-order valence-electron chi connectivity index (χ0n) is 11.0. The second-order valence-electron chi connectivity index (χ2n) is 4.51. The number of nitrogens with two attached hydrogens (primary N) is 1. The molecule has 0 bridgehead atoms. The Balaban J connectivity index is 2.96. The van der Waals surface area contributed by atoms with E-state index in [1.54, 1.807) is 13.8 Å². The van der Waals surface area contributed by atoms with Crippen LogP contribution in [0.15, 0.2) is 17.3 Å². The van der Waals surface area contributed by atoms with Crippen LogP contribution in [0.5, 0.6) is 0 Å². The van der Waals surface area contributed by atoms with Crippen molar-refractivity contribution in [3.8, 4) is 0 Å². The van der Waals surface area contributed by atoms with Crippen LogP contribution in [0.25, 0.3) is 0 Å². The van der Waals surface area contributed by atoms with E-state index in [4.69, 9.17) is 10.8 Å². The van der Waals surface area contributed by atoms with Crippen LogP contribution >= 0.6 is 0 Å². The predicted molar refractivity (Wildman–Crippen MR) is 68.0 cm³/mol. The molecular formula is C10H16N4O5S. The van der Waals surface area contributed by atoms with Crippen LogP contribution in [0.1, 0.15) is 13.8 Å². The van der Waals surface area contributed by atoms with E-state index in [1.807, 2.05) is 0 Å². The Labute approximate surface area is 115 Å². The van der Waals surface area contributed by atoms with Gasteiger partial charge in [-0.25, -0.2) is 8.42 Å². The lowest BCUT2D eigenvalue weighted by Gasteiger charge is -2.18. The second kappa shape index (κ2) is 6.01. The summed E-state index contributed by atoms with van der Waals surface area (Å²) in [5.74, 6) is -2.26. The van der Waals surface area contributed by atoms with Gasteiger partial charge in [0.1, 0.15) is 17.5 Å². The van der Waals surface area contributed by atoms with Crippen LogP contribution in [0.2, 0.25) is 0 Å². The minimum atomic E-state index is -3.99. The molecule has 0 spiro atoms. The lowest BCUT2D eigenvalue weighted by Crippen LogP contribution is -2.47. The number of aliphatic carboxylic acids is 1. The molecule has 1 rings (SSSR count). The van der Waals surface area contributed by atoms with E-state index in [1.165, 1.54) is 0 Å². The fourth-order valence-electron chi connectivity index (χ4n) is 1.47. The fourth-order valence-corrected chi connectivity index (χ4v) is 2.77. The first-order valence-corrected chi connectivity index (χ1v) is 7.17. The summed E-state index contributed by atoms with van der Waals surface area (Å²) in [6, 6.07) is -1.05. The number of carboxylic acid groups (broad SMARTS) is 1. The SMILES string of the molecule is CC(C)C(NS(=O)(=O)c1cnn(CC(=O)O)c1)C(N)=O. The summed E-state index contributed by atoms with van der Waals surface area (Å²) in [6.07, 6.45) is 2.07. The topological polar surface area (TPSA) is 144 Å². The molecule has 1 atom stereocenters. The first-order valence-electron chi connectivity index (χ1n) is 5.69. The van der Waals surface area contributed by atoms with Gasteiger partial charge in [-0.3, -0.25) is 14.3 Å². The molecule has 112 valence electrons. The van der Waals surface area contributed by atoms with E-state index in [9.17, 15) is 18.0 Å². The van der Waals surface area contributed by atoms with Crippen LogP contribution in [0.4, 0.5) is 0 Å². The van der Waals surface area contributed by atoms with Crippen LogP contribution in [0, 0.1) is 5.92 Å². The van der Waals surface area contributed by atoms with Crippen molar-refractivity contribution in [2.24, 2.45) is 11.7 Å². The average Bonchev–Trinajstić information content (AvgIpc) is 2.73. The number of hydrogen-bond donors (Lipinski definition) is 3. The zero-order chi connectivity index (χ0) is 15.5. The highest BCUT2D eigenvalue weighted by molar-refractivity contribution is 7.89. The van der Waals surface area contributed by atoms with Crippen molar-refractivity contribution >= 4 is 21.9 Å². The maximum atomic E-state index is 12.0. The molecule has 1 unspecified atom stereocenters. The van der Waals surface area contributed by atoms with Crippen molar-refractivity contribution in [2.75, 3.05) is 0 Å². The summed E-state index contributed by atoms with van der Waals surface area (Å²) >= 11 is 0. The molecule has 0 radical (unpaired) electrons. The maximum Gasteiger partial charge on any atom is 0.325 e. The summed E-state index contributed by atoms with van der Waals surface area (Å²) in [7, 11) is -3.99. The van der Waals surface area contributed by atoms with Crippen LogP contribution in [-0.2, 0) is 26.2 Å². The fraction of sp³-hybridized carbons (Fsp3) is 0.500. The highest BCUT2D eigenvalue weighted by Crippen LogP contribution is 2.10. The molecule has 0 aliphatic carbocycles. The molecule has 1 aromatic heterocycles. The van der Waals surface area contributed by atoms with Crippen LogP contribution in [-0.4, -0.2) is 41.2 Å². The van der Waals surface area contributed by atoms with Crippen molar-refractivity contribution in [1.82, 2.24) is 14.5 Å². The molecule has 0 fully saturated rings. The van der Waals surface area contributed by atoms with Gasteiger partial charge in [-0.1, -0.05) is 13.8 Å². The van der Waals surface area contributed by atoms with Gasteiger partial charge in [0, 0.05) is 6.20 Å². The Morgan fingerprint density at radius 1 is 1.50 bits per heavy atom. The number of aromatic nitrogens is 2. The first-order chi connectivity index (χ1) is 9.13. The van der Waals surface area contributed by atoms with Gasteiger partial charge in [0.15, 0.2) is 0 Å². The molecule has 0 saturated carbocycles. The lowest BCUT2D eigenvalue weighted by atomic mass is 10.1. The number of hydrogen-bond acceptors (Lipinski definition) is 5. The third-order valence-electron chi connectivity index (χ3n) is 2.47. The average molecular weight is 304 g/mol. The molecule has 0 aliphatic rings. The molecule has 1 amide bonds. The highest BCUT2D eigenvalue weighted by Gasteiger charge is 2.27. The van der Waals surface area contributed by atoms with Crippen molar-refractivity contribution in [2.45, 2.75) is 31.3 Å². The second-order valence-corrected chi connectivity index (χ2v) is 6.23. The van der Waals surface area contributed by atoms with Crippen molar-refractivity contribution in [3.05, 3.63) is 12.4 Å². The third kappa shape index (κ3) is 4.03.